The quantitative estimate of drug-likeness (QED) is 0.713. The molecule has 0 unspecified atom stereocenters. The molecule has 3 amide bonds. The van der Waals surface area contributed by atoms with E-state index in [-0.39, 0.29) is 36.7 Å². The van der Waals surface area contributed by atoms with Crippen molar-refractivity contribution in [3.63, 3.8) is 0 Å². The van der Waals surface area contributed by atoms with Crippen molar-refractivity contribution in [2.75, 3.05) is 13.1 Å². The van der Waals surface area contributed by atoms with Crippen LogP contribution >= 0.6 is 11.6 Å². The molecule has 0 spiro atoms. The average molecular weight is 434 g/mol. The number of carbonyl (C=O) groups is 2. The molecule has 5 nitrogen and oxygen atoms in total. The molecule has 10 heteroatoms. The number of hydrogen-bond acceptors (Lipinski definition) is 2. The first kappa shape index (κ1) is 20.3. The van der Waals surface area contributed by atoms with Crippen molar-refractivity contribution in [1.82, 2.24) is 15.5 Å². The Hall–Kier alpha value is -2.03. The molecule has 4 fully saturated rings. The minimum Gasteiger partial charge on any atom is -0.353 e. The number of nitrogens with one attached hydrogen (secondary N) is 2. The molecular weight excluding hydrogens is 414 g/mol. The number of halogens is 5. The van der Waals surface area contributed by atoms with Crippen LogP contribution in [0.25, 0.3) is 0 Å². The molecule has 1 saturated heterocycles. The van der Waals surface area contributed by atoms with Gasteiger partial charge in [0, 0.05) is 13.1 Å². The summed E-state index contributed by atoms with van der Waals surface area (Å²) in [7, 11) is 0. The van der Waals surface area contributed by atoms with Crippen molar-refractivity contribution in [2.24, 2.45) is 10.8 Å². The summed E-state index contributed by atoms with van der Waals surface area (Å²) in [6, 6.07) is 1.92. The van der Waals surface area contributed by atoms with Crippen molar-refractivity contribution in [3.8, 4) is 0 Å². The Balaban J connectivity index is 1.59. The Morgan fingerprint density at radius 1 is 1.34 bits per heavy atom. The monoisotopic (exact) mass is 433 g/mol. The van der Waals surface area contributed by atoms with Crippen LogP contribution in [0.4, 0.5) is 22.4 Å². The molecule has 158 valence electrons. The van der Waals surface area contributed by atoms with E-state index in [0.29, 0.717) is 12.1 Å². The van der Waals surface area contributed by atoms with Crippen molar-refractivity contribution < 1.29 is 27.2 Å². The number of hydrogen-bond donors (Lipinski definition) is 2. The Morgan fingerprint density at radius 3 is 2.59 bits per heavy atom. The average Bonchev–Trinajstić information content (AvgIpc) is 2.55. The van der Waals surface area contributed by atoms with Crippen LogP contribution in [0.15, 0.2) is 18.2 Å². The number of alkyl halides is 3. The van der Waals surface area contributed by atoms with Gasteiger partial charge in [-0.25, -0.2) is 9.18 Å². The topological polar surface area (TPSA) is 61.4 Å². The van der Waals surface area contributed by atoms with Crippen LogP contribution in [0, 0.1) is 16.6 Å². The highest BCUT2D eigenvalue weighted by Gasteiger charge is 2.80. The number of amides is 3. The fraction of sp³-hybridized carbons (Fsp3) is 0.579. The van der Waals surface area contributed by atoms with E-state index >= 15 is 0 Å². The van der Waals surface area contributed by atoms with Crippen LogP contribution in [-0.4, -0.2) is 42.1 Å². The lowest BCUT2D eigenvalue weighted by Crippen LogP contribution is -2.72. The summed E-state index contributed by atoms with van der Waals surface area (Å²) in [4.78, 5) is 26.1. The van der Waals surface area contributed by atoms with Crippen LogP contribution in [0.5, 0.6) is 0 Å². The highest BCUT2D eigenvalue weighted by Crippen LogP contribution is 2.81. The SMILES string of the molecule is C[C@@H]1C(=O)NCCN1C(=O)N[C@H](c1ccc(F)c(Cl)c1)C12CC(C(F)(F)F)(C1)C2. The van der Waals surface area contributed by atoms with E-state index in [2.05, 4.69) is 10.6 Å². The molecule has 4 aliphatic rings. The summed E-state index contributed by atoms with van der Waals surface area (Å²) in [5, 5.41) is 5.30. The minimum absolute atomic E-state index is 0.0977. The summed E-state index contributed by atoms with van der Waals surface area (Å²) in [5.41, 5.74) is -2.00. The lowest BCUT2D eigenvalue weighted by Gasteiger charge is -2.73. The number of piperazine rings is 1. The second-order valence-electron chi connectivity index (χ2n) is 8.39. The van der Waals surface area contributed by atoms with Gasteiger partial charge in [-0.2, -0.15) is 13.2 Å². The van der Waals surface area contributed by atoms with Gasteiger partial charge in [0.25, 0.3) is 0 Å². The molecule has 29 heavy (non-hydrogen) atoms. The van der Waals surface area contributed by atoms with Crippen molar-refractivity contribution in [3.05, 3.63) is 34.6 Å². The normalized spacial score (nSPS) is 32.0. The Labute approximate surface area is 169 Å². The second kappa shape index (κ2) is 6.48. The maximum absolute atomic E-state index is 13.6. The summed E-state index contributed by atoms with van der Waals surface area (Å²) in [6.07, 6.45) is -4.58. The molecule has 3 aliphatic carbocycles. The highest BCUT2D eigenvalue weighted by molar-refractivity contribution is 6.30. The third kappa shape index (κ3) is 3.05. The van der Waals surface area contributed by atoms with Gasteiger partial charge in [0.15, 0.2) is 0 Å². The third-order valence-corrected chi connectivity index (χ3v) is 6.88. The van der Waals surface area contributed by atoms with Crippen molar-refractivity contribution >= 4 is 23.5 Å². The first-order chi connectivity index (χ1) is 13.5. The first-order valence-electron chi connectivity index (χ1n) is 9.35. The molecule has 1 aliphatic heterocycles. The zero-order valence-electron chi connectivity index (χ0n) is 15.6. The van der Waals surface area contributed by atoms with Gasteiger partial charge < -0.3 is 15.5 Å². The van der Waals surface area contributed by atoms with E-state index in [0.717, 1.165) is 6.07 Å². The Morgan fingerprint density at radius 2 is 2.00 bits per heavy atom. The number of rotatable bonds is 3. The van der Waals surface area contributed by atoms with Crippen LogP contribution < -0.4 is 10.6 Å². The van der Waals surface area contributed by atoms with Gasteiger partial charge in [-0.1, -0.05) is 17.7 Å². The van der Waals surface area contributed by atoms with Crippen LogP contribution in [0.3, 0.4) is 0 Å². The van der Waals surface area contributed by atoms with Gasteiger partial charge in [-0.05, 0) is 49.3 Å². The summed E-state index contributed by atoms with van der Waals surface area (Å²) < 4.78 is 53.5. The molecule has 2 bridgehead atoms. The zero-order valence-corrected chi connectivity index (χ0v) is 16.3. The van der Waals surface area contributed by atoms with Gasteiger partial charge >= 0.3 is 12.2 Å². The number of nitrogens with zero attached hydrogens (tertiary/aromatic N) is 1. The molecule has 0 radical (unpaired) electrons. The van der Waals surface area contributed by atoms with Crippen molar-refractivity contribution in [2.45, 2.75) is 44.4 Å². The molecule has 3 saturated carbocycles. The lowest BCUT2D eigenvalue weighted by atomic mass is 9.32. The minimum atomic E-state index is -4.29. The van der Waals surface area contributed by atoms with Crippen LogP contribution in [0.1, 0.15) is 37.8 Å². The smallest absolute Gasteiger partial charge is 0.353 e. The zero-order chi connectivity index (χ0) is 21.2. The van der Waals surface area contributed by atoms with E-state index in [9.17, 15) is 27.2 Å². The highest BCUT2D eigenvalue weighted by atomic mass is 35.5. The van der Waals surface area contributed by atoms with Crippen LogP contribution in [-0.2, 0) is 4.79 Å². The lowest BCUT2D eigenvalue weighted by molar-refractivity contribution is -0.370. The third-order valence-electron chi connectivity index (χ3n) is 6.59. The van der Waals surface area contributed by atoms with Crippen LogP contribution in [0.2, 0.25) is 5.02 Å². The molecule has 1 heterocycles. The van der Waals surface area contributed by atoms with Gasteiger partial charge in [-0.3, -0.25) is 4.79 Å². The van der Waals surface area contributed by atoms with Gasteiger partial charge in [0.05, 0.1) is 16.5 Å². The standard InChI is InChI=1S/C19H20ClF4N3O2/c1-10-15(28)25-4-5-27(10)16(29)26-14(11-2-3-13(21)12(20)6-11)17-7-18(8-17,9-17)19(22,23)24/h2-3,6,10,14H,4-5,7-9H2,1H3,(H,25,28)(H,26,29)/t10-,14-,17?,18?/m1/s1. The first-order valence-corrected chi connectivity index (χ1v) is 9.72. The van der Waals surface area contributed by atoms with E-state index in [1.54, 1.807) is 6.92 Å². The van der Waals surface area contributed by atoms with E-state index < -0.39 is 40.9 Å². The fourth-order valence-electron chi connectivity index (χ4n) is 5.02. The molecule has 1 aromatic rings. The van der Waals surface area contributed by atoms with Gasteiger partial charge in [0.1, 0.15) is 11.9 Å². The summed E-state index contributed by atoms with van der Waals surface area (Å²) in [6.45, 7) is 2.17. The maximum atomic E-state index is 13.6. The van der Waals surface area contributed by atoms with Gasteiger partial charge in [-0.15, -0.1) is 0 Å². The van der Waals surface area contributed by atoms with E-state index in [1.165, 1.54) is 17.0 Å². The molecule has 2 N–H and O–H groups in total. The number of benzene rings is 1. The molecule has 1 aromatic carbocycles. The summed E-state index contributed by atoms with van der Waals surface area (Å²) in [5.74, 6) is -0.944. The predicted molar refractivity (Wildman–Crippen MR) is 96.6 cm³/mol. The fourth-order valence-corrected chi connectivity index (χ4v) is 5.21. The van der Waals surface area contributed by atoms with Gasteiger partial charge in [0.2, 0.25) is 5.91 Å². The number of urea groups is 1. The maximum Gasteiger partial charge on any atom is 0.394 e. The molecule has 2 atom stereocenters. The second-order valence-corrected chi connectivity index (χ2v) is 8.79. The number of carbonyl (C=O) groups excluding carboxylic acids is 2. The Kier molecular flexibility index (Phi) is 4.53. The van der Waals surface area contributed by atoms with Crippen molar-refractivity contribution in [1.29, 1.82) is 0 Å². The predicted octanol–water partition coefficient (Wildman–Crippen LogP) is 3.78. The molecule has 5 rings (SSSR count). The Bertz CT molecular complexity index is 856. The molecule has 0 aromatic heterocycles. The summed E-state index contributed by atoms with van der Waals surface area (Å²) >= 11 is 5.88. The van der Waals surface area contributed by atoms with E-state index in [1.807, 2.05) is 0 Å². The molecular formula is C19H20ClF4N3O2. The largest absolute Gasteiger partial charge is 0.394 e. The van der Waals surface area contributed by atoms with E-state index in [4.69, 9.17) is 11.6 Å².